The molecule has 1 N–H and O–H groups in total. The first-order valence-corrected chi connectivity index (χ1v) is 11.3. The van der Waals surface area contributed by atoms with Crippen LogP contribution < -0.4 is 4.80 Å². The summed E-state index contributed by atoms with van der Waals surface area (Å²) in [7, 11) is 1.72. The number of aryl methyl sites for hydroxylation is 1. The molecule has 1 aromatic heterocycles. The topological polar surface area (TPSA) is 63.8 Å². The van der Waals surface area contributed by atoms with Gasteiger partial charge < -0.3 is 14.4 Å². The monoisotopic (exact) mass is 390 g/mol. The van der Waals surface area contributed by atoms with Crippen molar-refractivity contribution in [3.63, 3.8) is 0 Å². The van der Waals surface area contributed by atoms with E-state index in [1.807, 2.05) is 0 Å². The van der Waals surface area contributed by atoms with Gasteiger partial charge in [-0.2, -0.15) is 4.99 Å². The van der Waals surface area contributed by atoms with Crippen LogP contribution in [0, 0.1) is 17.3 Å². The van der Waals surface area contributed by atoms with Gasteiger partial charge in [0, 0.05) is 24.2 Å². The second-order valence-corrected chi connectivity index (χ2v) is 10.6. The van der Waals surface area contributed by atoms with Crippen LogP contribution in [0.25, 0.3) is 0 Å². The number of hydrogen-bond donors (Lipinski definition) is 1. The molecule has 4 fully saturated rings. The molecule has 0 aromatic carbocycles. The Hall–Kier alpha value is -0.980. The molecule has 2 atom stereocenters. The number of rotatable bonds is 4. The standard InChI is InChI=1S/C21H30N2O3S/c1-26-7-6-23-16-4-2-3-5-17(16)27-19(23)22-18(24)20-9-14-8-15(10-20)12-21(25,11-14)13-20/h14-15,25H,2-13H2,1H3/b22-19-. The lowest BCUT2D eigenvalue weighted by Crippen LogP contribution is -2.58. The number of aromatic nitrogens is 1. The summed E-state index contributed by atoms with van der Waals surface area (Å²) in [4.78, 5) is 20.4. The van der Waals surface area contributed by atoms with Crippen molar-refractivity contribution in [1.29, 1.82) is 0 Å². The smallest absolute Gasteiger partial charge is 0.254 e. The van der Waals surface area contributed by atoms with Gasteiger partial charge in [-0.25, -0.2) is 0 Å². The molecule has 4 saturated carbocycles. The Balaban J connectivity index is 1.51. The van der Waals surface area contributed by atoms with Crippen molar-refractivity contribution in [2.75, 3.05) is 13.7 Å². The normalized spacial score (nSPS) is 37.6. The summed E-state index contributed by atoms with van der Waals surface area (Å²) in [6, 6.07) is 0. The Labute approximate surface area is 164 Å². The molecule has 1 aromatic rings. The number of nitrogens with zero attached hydrogens (tertiary/aromatic N) is 2. The number of fused-ring (bicyclic) bond motifs is 1. The van der Waals surface area contributed by atoms with Crippen LogP contribution in [0.4, 0.5) is 0 Å². The number of thiazole rings is 1. The number of carbonyl (C=O) groups is 1. The number of aliphatic hydroxyl groups is 1. The second-order valence-electron chi connectivity index (χ2n) is 9.49. The molecule has 2 unspecified atom stereocenters. The van der Waals surface area contributed by atoms with Crippen molar-refractivity contribution in [1.82, 2.24) is 4.57 Å². The van der Waals surface area contributed by atoms with E-state index < -0.39 is 11.0 Å². The fourth-order valence-corrected chi connectivity index (χ4v) is 7.94. The maximum atomic E-state index is 13.4. The Kier molecular flexibility index (Phi) is 4.37. The molecule has 5 aliphatic rings. The number of amides is 1. The van der Waals surface area contributed by atoms with Gasteiger partial charge in [-0.15, -0.1) is 11.3 Å². The molecule has 0 radical (unpaired) electrons. The highest BCUT2D eigenvalue weighted by molar-refractivity contribution is 7.09. The van der Waals surface area contributed by atoms with Gasteiger partial charge in [0.25, 0.3) is 5.91 Å². The summed E-state index contributed by atoms with van der Waals surface area (Å²) in [6.07, 6.45) is 10.1. The molecular formula is C21H30N2O3S. The van der Waals surface area contributed by atoms with E-state index in [1.54, 1.807) is 18.4 Å². The lowest BCUT2D eigenvalue weighted by atomic mass is 9.47. The van der Waals surface area contributed by atoms with Gasteiger partial charge in [-0.1, -0.05) is 0 Å². The van der Waals surface area contributed by atoms with Gasteiger partial charge in [0.05, 0.1) is 17.6 Å². The lowest BCUT2D eigenvalue weighted by Gasteiger charge is -2.58. The van der Waals surface area contributed by atoms with Crippen LogP contribution in [0.3, 0.4) is 0 Å². The Bertz CT molecular complexity index is 810. The van der Waals surface area contributed by atoms with Crippen LogP contribution in [0.2, 0.25) is 0 Å². The van der Waals surface area contributed by atoms with E-state index >= 15 is 0 Å². The second kappa shape index (κ2) is 6.53. The molecule has 5 aliphatic carbocycles. The maximum absolute atomic E-state index is 13.4. The van der Waals surface area contributed by atoms with Crippen molar-refractivity contribution in [2.45, 2.75) is 76.4 Å². The van der Waals surface area contributed by atoms with Gasteiger partial charge in [-0.05, 0) is 76.0 Å². The zero-order valence-electron chi connectivity index (χ0n) is 16.2. The third-order valence-corrected chi connectivity index (χ3v) is 8.54. The van der Waals surface area contributed by atoms with Crippen LogP contribution in [0.1, 0.15) is 61.9 Å². The Morgan fingerprint density at radius 3 is 2.70 bits per heavy atom. The van der Waals surface area contributed by atoms with Crippen LogP contribution >= 0.6 is 11.3 Å². The molecule has 4 bridgehead atoms. The minimum absolute atomic E-state index is 0.0276. The first kappa shape index (κ1) is 18.1. The van der Waals surface area contributed by atoms with E-state index in [4.69, 9.17) is 9.73 Å². The highest BCUT2D eigenvalue weighted by Gasteiger charge is 2.60. The predicted octanol–water partition coefficient (Wildman–Crippen LogP) is 2.83. The summed E-state index contributed by atoms with van der Waals surface area (Å²) >= 11 is 1.70. The summed E-state index contributed by atoms with van der Waals surface area (Å²) in [6.45, 7) is 1.40. The number of ether oxygens (including phenoxy) is 1. The summed E-state index contributed by atoms with van der Waals surface area (Å²) < 4.78 is 7.54. The van der Waals surface area contributed by atoms with Gasteiger partial charge in [0.2, 0.25) is 0 Å². The molecule has 0 aliphatic heterocycles. The fourth-order valence-electron chi connectivity index (χ4n) is 6.70. The maximum Gasteiger partial charge on any atom is 0.254 e. The summed E-state index contributed by atoms with van der Waals surface area (Å²) in [5.74, 6) is 1.04. The summed E-state index contributed by atoms with van der Waals surface area (Å²) in [5.41, 5.74) is 0.331. The van der Waals surface area contributed by atoms with Gasteiger partial charge >= 0.3 is 0 Å². The largest absolute Gasteiger partial charge is 0.390 e. The molecule has 1 heterocycles. The Morgan fingerprint density at radius 2 is 2.00 bits per heavy atom. The average molecular weight is 391 g/mol. The number of carbonyl (C=O) groups excluding carboxylic acids is 1. The SMILES string of the molecule is COCCn1c2c(s/c1=N\C(=O)C13CC4CC(CC(O)(C4)C1)C3)CCCC2. The van der Waals surface area contributed by atoms with E-state index in [9.17, 15) is 9.90 Å². The molecule has 0 spiro atoms. The average Bonchev–Trinajstić information content (AvgIpc) is 2.95. The third-order valence-electron chi connectivity index (χ3n) is 7.36. The molecule has 6 heteroatoms. The van der Waals surface area contributed by atoms with E-state index in [2.05, 4.69) is 4.57 Å². The van der Waals surface area contributed by atoms with Crippen molar-refractivity contribution < 1.29 is 14.6 Å². The lowest BCUT2D eigenvalue weighted by molar-refractivity contribution is -0.175. The first-order chi connectivity index (χ1) is 13.0. The molecule has 1 amide bonds. The highest BCUT2D eigenvalue weighted by Crippen LogP contribution is 2.61. The fraction of sp³-hybridized carbons (Fsp3) is 0.810. The van der Waals surface area contributed by atoms with Crippen LogP contribution in [-0.2, 0) is 28.9 Å². The molecule has 0 saturated heterocycles. The molecular weight excluding hydrogens is 360 g/mol. The summed E-state index contributed by atoms with van der Waals surface area (Å²) in [5, 5.41) is 11.0. The number of hydrogen-bond acceptors (Lipinski definition) is 4. The third kappa shape index (κ3) is 3.04. The van der Waals surface area contributed by atoms with E-state index in [0.717, 1.165) is 49.9 Å². The van der Waals surface area contributed by atoms with E-state index in [1.165, 1.54) is 29.8 Å². The van der Waals surface area contributed by atoms with Gasteiger partial charge in [-0.3, -0.25) is 4.79 Å². The van der Waals surface area contributed by atoms with Crippen molar-refractivity contribution in [3.8, 4) is 0 Å². The number of methoxy groups -OCH3 is 1. The quantitative estimate of drug-likeness (QED) is 0.860. The van der Waals surface area contributed by atoms with Crippen LogP contribution in [-0.4, -0.2) is 34.9 Å². The van der Waals surface area contributed by atoms with E-state index in [0.29, 0.717) is 24.9 Å². The van der Waals surface area contributed by atoms with Crippen LogP contribution in [0.5, 0.6) is 0 Å². The predicted molar refractivity (Wildman–Crippen MR) is 103 cm³/mol. The first-order valence-electron chi connectivity index (χ1n) is 10.5. The van der Waals surface area contributed by atoms with Crippen molar-refractivity contribution in [2.24, 2.45) is 22.2 Å². The molecule has 5 nitrogen and oxygen atoms in total. The molecule has 6 rings (SSSR count). The van der Waals surface area contributed by atoms with Crippen molar-refractivity contribution in [3.05, 3.63) is 15.4 Å². The minimum Gasteiger partial charge on any atom is -0.390 e. The Morgan fingerprint density at radius 1 is 1.26 bits per heavy atom. The minimum atomic E-state index is -0.615. The van der Waals surface area contributed by atoms with Crippen LogP contribution in [0.15, 0.2) is 4.99 Å². The molecule has 148 valence electrons. The van der Waals surface area contributed by atoms with Gasteiger partial charge in [0.15, 0.2) is 4.80 Å². The van der Waals surface area contributed by atoms with Crippen molar-refractivity contribution >= 4 is 17.2 Å². The zero-order chi connectivity index (χ0) is 18.6. The van der Waals surface area contributed by atoms with E-state index in [-0.39, 0.29) is 5.91 Å². The van der Waals surface area contributed by atoms with Gasteiger partial charge in [0.1, 0.15) is 0 Å². The zero-order valence-corrected chi connectivity index (χ0v) is 17.0. The highest BCUT2D eigenvalue weighted by atomic mass is 32.1. The molecule has 27 heavy (non-hydrogen) atoms.